The molecule has 0 aromatic heterocycles. The number of aliphatic hydroxyl groups is 1. The molecule has 2 aromatic carbocycles. The first-order valence-electron chi connectivity index (χ1n) is 15.2. The molecule has 1 aliphatic heterocycles. The van der Waals surface area contributed by atoms with E-state index in [-0.39, 0.29) is 37.8 Å². The Morgan fingerprint density at radius 3 is 2.51 bits per heavy atom. The highest BCUT2D eigenvalue weighted by Crippen LogP contribution is 2.27. The minimum atomic E-state index is -1.10. The van der Waals surface area contributed by atoms with Crippen LogP contribution in [0.5, 0.6) is 0 Å². The fourth-order valence-corrected chi connectivity index (χ4v) is 5.74. The number of aliphatic hydroxyl groups excluding tert-OH is 1. The van der Waals surface area contributed by atoms with Crippen molar-refractivity contribution in [1.82, 2.24) is 15.5 Å². The number of benzene rings is 2. The lowest BCUT2D eigenvalue weighted by Gasteiger charge is -2.29. The van der Waals surface area contributed by atoms with Gasteiger partial charge in [-0.25, -0.2) is 4.79 Å². The van der Waals surface area contributed by atoms with Crippen molar-refractivity contribution in [2.75, 3.05) is 18.5 Å². The van der Waals surface area contributed by atoms with Gasteiger partial charge in [0.25, 0.3) is 0 Å². The summed E-state index contributed by atoms with van der Waals surface area (Å²) in [4.78, 5) is 54.1. The molecule has 0 bridgehead atoms. The Hall–Kier alpha value is -3.92. The number of carbonyl (C=O) groups excluding carboxylic acids is 4. The lowest BCUT2D eigenvalue weighted by atomic mass is 10.1. The summed E-state index contributed by atoms with van der Waals surface area (Å²) in [5, 5.41) is 18.2. The molecule has 43 heavy (non-hydrogen) atoms. The number of amides is 4. The topological polar surface area (TPSA) is 137 Å². The average molecular weight is 593 g/mol. The second-order valence-corrected chi connectivity index (χ2v) is 12.4. The Morgan fingerprint density at radius 1 is 1.05 bits per heavy atom. The van der Waals surface area contributed by atoms with Gasteiger partial charge in [-0.1, -0.05) is 36.4 Å². The van der Waals surface area contributed by atoms with E-state index in [9.17, 15) is 24.3 Å². The number of fused-ring (bicyclic) bond motifs is 1. The molecular formula is C33H44N4O6. The fourth-order valence-electron chi connectivity index (χ4n) is 5.74. The third-order valence-electron chi connectivity index (χ3n) is 7.74. The van der Waals surface area contributed by atoms with E-state index in [2.05, 4.69) is 16.0 Å². The van der Waals surface area contributed by atoms with Gasteiger partial charge in [0.1, 0.15) is 17.7 Å². The molecule has 3 atom stereocenters. The van der Waals surface area contributed by atoms with Crippen molar-refractivity contribution < 1.29 is 29.0 Å². The minimum absolute atomic E-state index is 0.0513. The summed E-state index contributed by atoms with van der Waals surface area (Å²) in [5.41, 5.74) is 3.53. The van der Waals surface area contributed by atoms with Crippen molar-refractivity contribution in [2.45, 2.75) is 95.9 Å². The van der Waals surface area contributed by atoms with Crippen LogP contribution in [-0.2, 0) is 38.4 Å². The van der Waals surface area contributed by atoms with Crippen LogP contribution >= 0.6 is 0 Å². The molecule has 1 heterocycles. The zero-order valence-electron chi connectivity index (χ0n) is 25.4. The van der Waals surface area contributed by atoms with Crippen molar-refractivity contribution in [1.29, 1.82) is 0 Å². The van der Waals surface area contributed by atoms with Crippen LogP contribution in [0.15, 0.2) is 48.5 Å². The summed E-state index contributed by atoms with van der Waals surface area (Å²) >= 11 is 0. The number of aryl methyl sites for hydroxylation is 3. The van der Waals surface area contributed by atoms with E-state index >= 15 is 0 Å². The number of ether oxygens (including phenoxy) is 1. The number of alkyl carbamates (subject to hydrolysis) is 1. The molecule has 232 valence electrons. The molecule has 4 N–H and O–H groups in total. The lowest BCUT2D eigenvalue weighted by molar-refractivity contribution is -0.138. The Kier molecular flexibility index (Phi) is 10.8. The summed E-state index contributed by atoms with van der Waals surface area (Å²) in [7, 11) is 0. The second-order valence-electron chi connectivity index (χ2n) is 12.4. The lowest BCUT2D eigenvalue weighted by Crippen LogP contribution is -2.53. The molecule has 0 unspecified atom stereocenters. The van der Waals surface area contributed by atoms with E-state index < -0.39 is 35.7 Å². The molecule has 10 nitrogen and oxygen atoms in total. The van der Waals surface area contributed by atoms with Gasteiger partial charge in [-0.15, -0.1) is 0 Å². The highest BCUT2D eigenvalue weighted by molar-refractivity contribution is 5.99. The molecule has 4 rings (SSSR count). The number of hydrogen-bond donors (Lipinski definition) is 4. The third kappa shape index (κ3) is 9.28. The average Bonchev–Trinajstić information content (AvgIpc) is 3.59. The number of rotatable bonds is 11. The maximum absolute atomic E-state index is 13.8. The highest BCUT2D eigenvalue weighted by atomic mass is 16.6. The molecule has 2 aliphatic rings. The van der Waals surface area contributed by atoms with Crippen LogP contribution in [-0.4, -0.2) is 70.7 Å². The van der Waals surface area contributed by atoms with Gasteiger partial charge in [-0.05, 0) is 94.5 Å². The van der Waals surface area contributed by atoms with Crippen molar-refractivity contribution in [3.05, 3.63) is 65.2 Å². The summed E-state index contributed by atoms with van der Waals surface area (Å²) in [6, 6.07) is 13.4. The van der Waals surface area contributed by atoms with Crippen molar-refractivity contribution in [3.8, 4) is 0 Å². The second kappa shape index (κ2) is 14.5. The van der Waals surface area contributed by atoms with E-state index in [1.54, 1.807) is 20.8 Å². The molecule has 2 aromatic rings. The summed E-state index contributed by atoms with van der Waals surface area (Å²) < 4.78 is 5.32. The number of hydrogen-bond acceptors (Lipinski definition) is 6. The molecule has 1 aliphatic carbocycles. The Bertz CT molecular complexity index is 1290. The maximum atomic E-state index is 13.8. The molecule has 1 fully saturated rings. The van der Waals surface area contributed by atoms with Crippen molar-refractivity contribution >= 4 is 29.5 Å². The monoisotopic (exact) mass is 592 g/mol. The zero-order valence-corrected chi connectivity index (χ0v) is 25.4. The molecular weight excluding hydrogens is 548 g/mol. The SMILES string of the molecule is CC(C)(C)OC(=O)N[C@@H](CCO)C(=O)N1C[C@H](NC(=O)CCCc2ccccc2)C[C@H]1C(=O)Nc1ccc2c(c1)CCC2. The number of anilines is 1. The van der Waals surface area contributed by atoms with E-state index in [1.807, 2.05) is 48.5 Å². The number of nitrogens with zero attached hydrogens (tertiary/aromatic N) is 1. The van der Waals surface area contributed by atoms with Crippen LogP contribution in [0.1, 0.15) is 69.6 Å². The van der Waals surface area contributed by atoms with Gasteiger partial charge >= 0.3 is 6.09 Å². The van der Waals surface area contributed by atoms with Crippen LogP contribution in [0.2, 0.25) is 0 Å². The van der Waals surface area contributed by atoms with Gasteiger partial charge in [0.05, 0.1) is 0 Å². The standard InChI is InChI=1S/C33H44N4O6/c1-33(2,3)43-32(42)36-27(17-18-38)31(41)37-21-26(34-29(39)14-7-11-22-9-5-4-6-10-22)20-28(37)30(40)35-25-16-15-23-12-8-13-24(23)19-25/h4-6,9-10,15-16,19,26-28,38H,7-8,11-14,17-18,20-21H2,1-3H3,(H,34,39)(H,35,40)(H,36,42)/t26-,27+,28+/m1/s1. The van der Waals surface area contributed by atoms with Gasteiger partial charge < -0.3 is 30.7 Å². The van der Waals surface area contributed by atoms with Gasteiger partial charge in [-0.3, -0.25) is 14.4 Å². The van der Waals surface area contributed by atoms with Gasteiger partial charge in [0, 0.05) is 31.3 Å². The smallest absolute Gasteiger partial charge is 0.408 e. The van der Waals surface area contributed by atoms with E-state index in [1.165, 1.54) is 16.0 Å². The van der Waals surface area contributed by atoms with Gasteiger partial charge in [-0.2, -0.15) is 0 Å². The first-order chi connectivity index (χ1) is 20.5. The Balaban J connectivity index is 1.45. The van der Waals surface area contributed by atoms with Crippen LogP contribution in [0.25, 0.3) is 0 Å². The normalized spacial score (nSPS) is 18.5. The fraction of sp³-hybridized carbons (Fsp3) is 0.515. The van der Waals surface area contributed by atoms with E-state index in [0.717, 1.165) is 31.2 Å². The predicted octanol–water partition coefficient (Wildman–Crippen LogP) is 3.50. The predicted molar refractivity (Wildman–Crippen MR) is 163 cm³/mol. The Labute approximate surface area is 253 Å². The zero-order chi connectivity index (χ0) is 31.0. The number of carbonyl (C=O) groups is 4. The van der Waals surface area contributed by atoms with Gasteiger partial charge in [0.2, 0.25) is 17.7 Å². The molecule has 0 spiro atoms. The first-order valence-corrected chi connectivity index (χ1v) is 15.2. The van der Waals surface area contributed by atoms with Crippen LogP contribution in [0.3, 0.4) is 0 Å². The van der Waals surface area contributed by atoms with Crippen molar-refractivity contribution in [2.24, 2.45) is 0 Å². The quantitative estimate of drug-likeness (QED) is 0.315. The van der Waals surface area contributed by atoms with Gasteiger partial charge in [0.15, 0.2) is 0 Å². The summed E-state index contributed by atoms with van der Waals surface area (Å²) in [6.45, 7) is 4.88. The minimum Gasteiger partial charge on any atom is -0.444 e. The highest BCUT2D eigenvalue weighted by Gasteiger charge is 2.42. The molecule has 0 radical (unpaired) electrons. The van der Waals surface area contributed by atoms with Crippen LogP contribution < -0.4 is 16.0 Å². The molecule has 4 amide bonds. The Morgan fingerprint density at radius 2 is 1.79 bits per heavy atom. The van der Waals surface area contributed by atoms with Crippen molar-refractivity contribution in [3.63, 3.8) is 0 Å². The van der Waals surface area contributed by atoms with E-state index in [0.29, 0.717) is 18.5 Å². The van der Waals surface area contributed by atoms with Crippen LogP contribution in [0.4, 0.5) is 10.5 Å². The number of nitrogens with one attached hydrogen (secondary N) is 3. The molecule has 1 saturated heterocycles. The third-order valence-corrected chi connectivity index (χ3v) is 7.74. The summed E-state index contributed by atoms with van der Waals surface area (Å²) in [6.07, 6.45) is 4.22. The van der Waals surface area contributed by atoms with Crippen LogP contribution in [0, 0.1) is 0 Å². The number of likely N-dealkylation sites (tertiary alicyclic amines) is 1. The summed E-state index contributed by atoms with van der Waals surface area (Å²) in [5.74, 6) is -1.03. The molecule has 10 heteroatoms. The first kappa shape index (κ1) is 32.0. The van der Waals surface area contributed by atoms with E-state index in [4.69, 9.17) is 4.74 Å². The maximum Gasteiger partial charge on any atom is 0.408 e. The largest absolute Gasteiger partial charge is 0.444 e. The molecule has 0 saturated carbocycles.